The van der Waals surface area contributed by atoms with E-state index in [9.17, 15) is 0 Å². The lowest BCUT2D eigenvalue weighted by atomic mass is 10.1. The number of hydrogen-bond acceptors (Lipinski definition) is 4. The molecule has 3 aromatic heterocycles. The van der Waals surface area contributed by atoms with Crippen molar-refractivity contribution in [2.45, 2.75) is 0 Å². The molecule has 5 heteroatoms. The number of rotatable bonds is 1. The molecule has 5 aromatic rings. The highest BCUT2D eigenvalue weighted by Crippen LogP contribution is 2.32. The van der Waals surface area contributed by atoms with Crippen molar-refractivity contribution in [3.05, 3.63) is 54.9 Å². The van der Waals surface area contributed by atoms with E-state index < -0.39 is 0 Å². The van der Waals surface area contributed by atoms with Gasteiger partial charge >= 0.3 is 0 Å². The summed E-state index contributed by atoms with van der Waals surface area (Å²) in [5.41, 5.74) is 4.51. The largest absolute Gasteiger partial charge is 0.497 e. The molecule has 3 heterocycles. The van der Waals surface area contributed by atoms with Crippen LogP contribution < -0.4 is 4.74 Å². The van der Waals surface area contributed by atoms with Gasteiger partial charge in [-0.2, -0.15) is 0 Å². The van der Waals surface area contributed by atoms with Gasteiger partial charge in [-0.05, 0) is 30.3 Å². The predicted octanol–water partition coefficient (Wildman–Crippen LogP) is 3.59. The van der Waals surface area contributed by atoms with Gasteiger partial charge in [0.15, 0.2) is 5.65 Å². The minimum Gasteiger partial charge on any atom is -0.497 e. The van der Waals surface area contributed by atoms with E-state index in [4.69, 9.17) is 9.72 Å². The standard InChI is InChI=1S/C18H12N4O/c1-23-11-6-7-12-13(10-11)17-21-14-4-2-3-5-15(14)22(17)18-16(12)19-8-9-20-18/h2-10H,1H3. The van der Waals surface area contributed by atoms with Gasteiger partial charge in [-0.1, -0.05) is 12.1 Å². The molecule has 0 spiro atoms. The van der Waals surface area contributed by atoms with Crippen LogP contribution in [0.1, 0.15) is 0 Å². The van der Waals surface area contributed by atoms with E-state index in [1.807, 2.05) is 36.4 Å². The molecule has 0 amide bonds. The molecule has 0 saturated heterocycles. The highest BCUT2D eigenvalue weighted by Gasteiger charge is 2.15. The summed E-state index contributed by atoms with van der Waals surface area (Å²) < 4.78 is 7.45. The second-order valence-electron chi connectivity index (χ2n) is 5.40. The lowest BCUT2D eigenvalue weighted by Gasteiger charge is -2.08. The highest BCUT2D eigenvalue weighted by atomic mass is 16.5. The van der Waals surface area contributed by atoms with E-state index >= 15 is 0 Å². The summed E-state index contributed by atoms with van der Waals surface area (Å²) in [5.74, 6) is 0.801. The van der Waals surface area contributed by atoms with Crippen LogP contribution in [0.2, 0.25) is 0 Å². The third-order valence-electron chi connectivity index (χ3n) is 4.17. The zero-order valence-corrected chi connectivity index (χ0v) is 12.4. The zero-order chi connectivity index (χ0) is 15.4. The van der Waals surface area contributed by atoms with Gasteiger partial charge in [0.2, 0.25) is 0 Å². The minimum atomic E-state index is 0.801. The Morgan fingerprint density at radius 2 is 1.78 bits per heavy atom. The lowest BCUT2D eigenvalue weighted by molar-refractivity contribution is 0.415. The Morgan fingerprint density at radius 1 is 0.913 bits per heavy atom. The van der Waals surface area contributed by atoms with Gasteiger partial charge in [-0.15, -0.1) is 0 Å². The fourth-order valence-corrected chi connectivity index (χ4v) is 3.15. The van der Waals surface area contributed by atoms with Crippen molar-refractivity contribution in [1.29, 1.82) is 0 Å². The van der Waals surface area contributed by atoms with Crippen LogP contribution in [0, 0.1) is 0 Å². The topological polar surface area (TPSA) is 52.3 Å². The molecule has 5 nitrogen and oxygen atoms in total. The monoisotopic (exact) mass is 300 g/mol. The maximum Gasteiger partial charge on any atom is 0.165 e. The third-order valence-corrected chi connectivity index (χ3v) is 4.17. The molecule has 0 saturated carbocycles. The number of imidazole rings is 1. The summed E-state index contributed by atoms with van der Waals surface area (Å²) in [4.78, 5) is 13.9. The molecule has 0 aliphatic rings. The first-order valence-corrected chi connectivity index (χ1v) is 7.34. The maximum absolute atomic E-state index is 5.38. The Balaban J connectivity index is 2.17. The quantitative estimate of drug-likeness (QED) is 0.444. The minimum absolute atomic E-state index is 0.801. The number of nitrogens with zero attached hydrogens (tertiary/aromatic N) is 4. The van der Waals surface area contributed by atoms with Crippen LogP contribution in [0.3, 0.4) is 0 Å². The van der Waals surface area contributed by atoms with Gasteiger partial charge in [0.25, 0.3) is 0 Å². The van der Waals surface area contributed by atoms with Crippen molar-refractivity contribution < 1.29 is 4.74 Å². The number of aromatic nitrogens is 4. The van der Waals surface area contributed by atoms with Gasteiger partial charge in [0, 0.05) is 23.2 Å². The first kappa shape index (κ1) is 12.3. The SMILES string of the molecule is COc1ccc2c(c1)c1nc3ccccc3n1c1nccnc21. The van der Waals surface area contributed by atoms with Gasteiger partial charge < -0.3 is 4.74 Å². The summed E-state index contributed by atoms with van der Waals surface area (Å²) in [7, 11) is 1.67. The molecule has 0 fully saturated rings. The number of hydrogen-bond donors (Lipinski definition) is 0. The Hall–Kier alpha value is -3.21. The number of fused-ring (bicyclic) bond motifs is 8. The molecule has 23 heavy (non-hydrogen) atoms. The van der Waals surface area contributed by atoms with E-state index in [0.717, 1.165) is 44.4 Å². The molecule has 0 bridgehead atoms. The first-order valence-electron chi connectivity index (χ1n) is 7.34. The average molecular weight is 300 g/mol. The number of para-hydroxylation sites is 2. The van der Waals surface area contributed by atoms with Crippen molar-refractivity contribution >= 4 is 38.6 Å². The molecular weight excluding hydrogens is 288 g/mol. The summed E-state index contributed by atoms with van der Waals surface area (Å²) in [6, 6.07) is 14.0. The number of pyridine rings is 1. The molecule has 110 valence electrons. The smallest absolute Gasteiger partial charge is 0.165 e. The van der Waals surface area contributed by atoms with E-state index in [2.05, 4.69) is 20.4 Å². The van der Waals surface area contributed by atoms with Crippen molar-refractivity contribution in [2.24, 2.45) is 0 Å². The second-order valence-corrected chi connectivity index (χ2v) is 5.40. The number of methoxy groups -OCH3 is 1. The van der Waals surface area contributed by atoms with E-state index in [1.165, 1.54) is 0 Å². The number of benzene rings is 2. The molecule has 0 aliphatic heterocycles. The second kappa shape index (κ2) is 4.39. The Bertz CT molecular complexity index is 1210. The van der Waals surface area contributed by atoms with Gasteiger partial charge in [-0.3, -0.25) is 9.38 Å². The van der Waals surface area contributed by atoms with Gasteiger partial charge in [0.05, 0.1) is 18.1 Å². The van der Waals surface area contributed by atoms with Crippen LogP contribution in [0.15, 0.2) is 54.9 Å². The highest BCUT2D eigenvalue weighted by molar-refractivity contribution is 6.11. The molecule has 0 atom stereocenters. The van der Waals surface area contributed by atoms with Crippen LogP contribution in [0.4, 0.5) is 0 Å². The predicted molar refractivity (Wildman–Crippen MR) is 89.9 cm³/mol. The normalized spacial score (nSPS) is 11.7. The first-order chi connectivity index (χ1) is 11.4. The van der Waals surface area contributed by atoms with E-state index in [-0.39, 0.29) is 0 Å². The Morgan fingerprint density at radius 3 is 2.70 bits per heavy atom. The van der Waals surface area contributed by atoms with Crippen molar-refractivity contribution in [3.63, 3.8) is 0 Å². The van der Waals surface area contributed by atoms with Crippen LogP contribution >= 0.6 is 0 Å². The van der Waals surface area contributed by atoms with Crippen molar-refractivity contribution in [3.8, 4) is 5.75 Å². The lowest BCUT2D eigenvalue weighted by Crippen LogP contribution is -1.96. The number of ether oxygens (including phenoxy) is 1. The molecule has 0 N–H and O–H groups in total. The van der Waals surface area contributed by atoms with Crippen LogP contribution in [-0.4, -0.2) is 26.5 Å². The van der Waals surface area contributed by atoms with Gasteiger partial charge in [0.1, 0.15) is 16.9 Å². The summed E-state index contributed by atoms with van der Waals surface area (Å²) >= 11 is 0. The van der Waals surface area contributed by atoms with E-state index in [0.29, 0.717) is 0 Å². The molecule has 0 aliphatic carbocycles. The molecular formula is C18H12N4O. The summed E-state index contributed by atoms with van der Waals surface area (Å²) in [6.45, 7) is 0. The summed E-state index contributed by atoms with van der Waals surface area (Å²) in [5, 5.41) is 2.03. The molecule has 5 rings (SSSR count). The molecule has 0 radical (unpaired) electrons. The molecule has 2 aromatic carbocycles. The van der Waals surface area contributed by atoms with Crippen LogP contribution in [-0.2, 0) is 0 Å². The van der Waals surface area contributed by atoms with Crippen molar-refractivity contribution in [2.75, 3.05) is 7.11 Å². The fourth-order valence-electron chi connectivity index (χ4n) is 3.15. The van der Waals surface area contributed by atoms with E-state index in [1.54, 1.807) is 19.5 Å². The molecule has 0 unspecified atom stereocenters. The summed E-state index contributed by atoms with van der Waals surface area (Å²) in [6.07, 6.45) is 3.43. The van der Waals surface area contributed by atoms with Crippen LogP contribution in [0.5, 0.6) is 5.75 Å². The fraction of sp³-hybridized carbons (Fsp3) is 0.0556. The Kier molecular flexibility index (Phi) is 2.36. The zero-order valence-electron chi connectivity index (χ0n) is 12.4. The van der Waals surface area contributed by atoms with Crippen molar-refractivity contribution in [1.82, 2.24) is 19.4 Å². The van der Waals surface area contributed by atoms with Gasteiger partial charge in [-0.25, -0.2) is 9.97 Å². The van der Waals surface area contributed by atoms with Crippen LogP contribution in [0.25, 0.3) is 38.6 Å². The maximum atomic E-state index is 5.38. The average Bonchev–Trinajstić information content (AvgIpc) is 3.01. The Labute approximate surface area is 131 Å². The third kappa shape index (κ3) is 1.59.